The van der Waals surface area contributed by atoms with Crippen LogP contribution in [0.1, 0.15) is 24.3 Å². The standard InChI is InChI=1S/C15H18N2O2/c1-11(10-16)15(18)17-14(13-8-5-9-19-13)12-6-3-2-4-7-12/h2-9,11,14H,10,16H2,1H3,(H,17,18). The minimum atomic E-state index is -0.280. The summed E-state index contributed by atoms with van der Waals surface area (Å²) in [5.74, 6) is 0.415. The first-order valence-electron chi connectivity index (χ1n) is 6.31. The molecule has 0 fully saturated rings. The molecular formula is C15H18N2O2. The van der Waals surface area contributed by atoms with Gasteiger partial charge in [0.2, 0.25) is 5.91 Å². The molecule has 19 heavy (non-hydrogen) atoms. The minimum Gasteiger partial charge on any atom is -0.467 e. The highest BCUT2D eigenvalue weighted by molar-refractivity contribution is 5.79. The number of nitrogens with one attached hydrogen (secondary N) is 1. The first kappa shape index (κ1) is 13.4. The van der Waals surface area contributed by atoms with Crippen LogP contribution in [-0.4, -0.2) is 12.5 Å². The van der Waals surface area contributed by atoms with Crippen molar-refractivity contribution in [3.63, 3.8) is 0 Å². The summed E-state index contributed by atoms with van der Waals surface area (Å²) in [7, 11) is 0. The SMILES string of the molecule is CC(CN)C(=O)NC(c1ccccc1)c1ccco1. The van der Waals surface area contributed by atoms with Gasteiger partial charge in [0.15, 0.2) is 0 Å². The van der Waals surface area contributed by atoms with Gasteiger partial charge in [0, 0.05) is 12.5 Å². The number of benzene rings is 1. The fourth-order valence-electron chi connectivity index (χ4n) is 1.81. The number of hydrogen-bond donors (Lipinski definition) is 2. The van der Waals surface area contributed by atoms with Crippen molar-refractivity contribution in [3.05, 3.63) is 60.1 Å². The maximum atomic E-state index is 12.0. The smallest absolute Gasteiger partial charge is 0.224 e. The Hall–Kier alpha value is -2.07. The first-order chi connectivity index (χ1) is 9.22. The van der Waals surface area contributed by atoms with E-state index in [2.05, 4.69) is 5.32 Å². The van der Waals surface area contributed by atoms with Gasteiger partial charge in [0.25, 0.3) is 0 Å². The van der Waals surface area contributed by atoms with Crippen LogP contribution in [0.2, 0.25) is 0 Å². The molecule has 4 heteroatoms. The highest BCUT2D eigenvalue weighted by Gasteiger charge is 2.21. The Balaban J connectivity index is 2.24. The minimum absolute atomic E-state index is 0.0762. The van der Waals surface area contributed by atoms with Crippen LogP contribution in [0.5, 0.6) is 0 Å². The summed E-state index contributed by atoms with van der Waals surface area (Å²) >= 11 is 0. The molecule has 2 unspecified atom stereocenters. The van der Waals surface area contributed by atoms with E-state index in [1.807, 2.05) is 42.5 Å². The van der Waals surface area contributed by atoms with Gasteiger partial charge < -0.3 is 15.5 Å². The van der Waals surface area contributed by atoms with Crippen molar-refractivity contribution in [2.75, 3.05) is 6.54 Å². The normalized spacial score (nSPS) is 13.8. The molecule has 2 aromatic rings. The lowest BCUT2D eigenvalue weighted by Crippen LogP contribution is -2.36. The molecule has 0 spiro atoms. The van der Waals surface area contributed by atoms with Crippen molar-refractivity contribution in [1.29, 1.82) is 0 Å². The Kier molecular flexibility index (Phi) is 4.36. The van der Waals surface area contributed by atoms with E-state index in [0.29, 0.717) is 12.3 Å². The molecular weight excluding hydrogens is 240 g/mol. The first-order valence-corrected chi connectivity index (χ1v) is 6.31. The Bertz CT molecular complexity index is 508. The maximum absolute atomic E-state index is 12.0. The van der Waals surface area contributed by atoms with Crippen LogP contribution in [0.4, 0.5) is 0 Å². The lowest BCUT2D eigenvalue weighted by atomic mass is 10.0. The molecule has 2 atom stereocenters. The van der Waals surface area contributed by atoms with E-state index >= 15 is 0 Å². The second-order valence-electron chi connectivity index (χ2n) is 4.50. The lowest BCUT2D eigenvalue weighted by Gasteiger charge is -2.19. The van der Waals surface area contributed by atoms with Gasteiger partial charge in [0.1, 0.15) is 11.8 Å². The van der Waals surface area contributed by atoms with Crippen LogP contribution in [0.15, 0.2) is 53.1 Å². The highest BCUT2D eigenvalue weighted by atomic mass is 16.3. The second kappa shape index (κ2) is 6.20. The summed E-state index contributed by atoms with van der Waals surface area (Å²) in [4.78, 5) is 12.0. The quantitative estimate of drug-likeness (QED) is 0.862. The predicted molar refractivity (Wildman–Crippen MR) is 73.4 cm³/mol. The third-order valence-electron chi connectivity index (χ3n) is 3.05. The van der Waals surface area contributed by atoms with E-state index < -0.39 is 0 Å². The van der Waals surface area contributed by atoms with Gasteiger partial charge in [0.05, 0.1) is 6.26 Å². The average molecular weight is 258 g/mol. The number of furan rings is 1. The Morgan fingerprint density at radius 2 is 2.00 bits per heavy atom. The second-order valence-corrected chi connectivity index (χ2v) is 4.50. The van der Waals surface area contributed by atoms with Crippen molar-refractivity contribution in [2.24, 2.45) is 11.7 Å². The topological polar surface area (TPSA) is 68.3 Å². The van der Waals surface area contributed by atoms with Crippen molar-refractivity contribution < 1.29 is 9.21 Å². The number of nitrogens with two attached hydrogens (primary N) is 1. The van der Waals surface area contributed by atoms with E-state index in [-0.39, 0.29) is 17.9 Å². The number of rotatable bonds is 5. The molecule has 1 aromatic heterocycles. The molecule has 4 nitrogen and oxygen atoms in total. The summed E-state index contributed by atoms with van der Waals surface area (Å²) in [6, 6.07) is 13.1. The average Bonchev–Trinajstić information content (AvgIpc) is 2.98. The fraction of sp³-hybridized carbons (Fsp3) is 0.267. The Labute approximate surface area is 112 Å². The van der Waals surface area contributed by atoms with Gasteiger partial charge in [-0.05, 0) is 17.7 Å². The van der Waals surface area contributed by atoms with Crippen molar-refractivity contribution >= 4 is 5.91 Å². The molecule has 1 aromatic carbocycles. The summed E-state index contributed by atoms with van der Waals surface area (Å²) in [6.07, 6.45) is 1.60. The number of carbonyl (C=O) groups is 1. The number of hydrogen-bond acceptors (Lipinski definition) is 3. The van der Waals surface area contributed by atoms with Crippen molar-refractivity contribution in [2.45, 2.75) is 13.0 Å². The van der Waals surface area contributed by atoms with Crippen molar-refractivity contribution in [3.8, 4) is 0 Å². The lowest BCUT2D eigenvalue weighted by molar-refractivity contribution is -0.124. The largest absolute Gasteiger partial charge is 0.467 e. The maximum Gasteiger partial charge on any atom is 0.224 e. The van der Waals surface area contributed by atoms with E-state index in [1.165, 1.54) is 0 Å². The summed E-state index contributed by atoms with van der Waals surface area (Å²) < 4.78 is 5.42. The predicted octanol–water partition coefficient (Wildman–Crippen LogP) is 2.08. The molecule has 0 aliphatic rings. The molecule has 0 saturated heterocycles. The van der Waals surface area contributed by atoms with E-state index in [9.17, 15) is 4.79 Å². The van der Waals surface area contributed by atoms with Crippen LogP contribution in [0, 0.1) is 5.92 Å². The molecule has 0 bridgehead atoms. The highest BCUT2D eigenvalue weighted by Crippen LogP contribution is 2.22. The molecule has 0 aliphatic carbocycles. The number of amides is 1. The summed E-state index contributed by atoms with van der Waals surface area (Å²) in [5, 5.41) is 2.97. The molecule has 3 N–H and O–H groups in total. The summed E-state index contributed by atoms with van der Waals surface area (Å²) in [5.41, 5.74) is 6.50. The third-order valence-corrected chi connectivity index (χ3v) is 3.05. The van der Waals surface area contributed by atoms with Crippen LogP contribution in [0.3, 0.4) is 0 Å². The van der Waals surface area contributed by atoms with Gasteiger partial charge in [-0.25, -0.2) is 0 Å². The third kappa shape index (κ3) is 3.23. The van der Waals surface area contributed by atoms with Crippen LogP contribution >= 0.6 is 0 Å². The van der Waals surface area contributed by atoms with Crippen LogP contribution < -0.4 is 11.1 Å². The Morgan fingerprint density at radius 1 is 1.26 bits per heavy atom. The molecule has 0 saturated carbocycles. The van der Waals surface area contributed by atoms with Gasteiger partial charge in [-0.1, -0.05) is 37.3 Å². The molecule has 100 valence electrons. The monoisotopic (exact) mass is 258 g/mol. The van der Waals surface area contributed by atoms with Gasteiger partial charge >= 0.3 is 0 Å². The zero-order valence-corrected chi connectivity index (χ0v) is 10.9. The summed E-state index contributed by atoms with van der Waals surface area (Å²) in [6.45, 7) is 2.13. The van der Waals surface area contributed by atoms with Crippen LogP contribution in [0.25, 0.3) is 0 Å². The zero-order chi connectivity index (χ0) is 13.7. The fourth-order valence-corrected chi connectivity index (χ4v) is 1.81. The number of carbonyl (C=O) groups excluding carboxylic acids is 1. The van der Waals surface area contributed by atoms with Crippen molar-refractivity contribution in [1.82, 2.24) is 5.32 Å². The molecule has 1 heterocycles. The van der Waals surface area contributed by atoms with Gasteiger partial charge in [-0.3, -0.25) is 4.79 Å². The van der Waals surface area contributed by atoms with E-state index in [0.717, 1.165) is 5.56 Å². The molecule has 0 aliphatic heterocycles. The van der Waals surface area contributed by atoms with E-state index in [1.54, 1.807) is 13.2 Å². The van der Waals surface area contributed by atoms with Gasteiger partial charge in [-0.15, -0.1) is 0 Å². The van der Waals surface area contributed by atoms with E-state index in [4.69, 9.17) is 10.2 Å². The van der Waals surface area contributed by atoms with Gasteiger partial charge in [-0.2, -0.15) is 0 Å². The molecule has 0 radical (unpaired) electrons. The molecule has 1 amide bonds. The molecule has 2 rings (SSSR count). The Morgan fingerprint density at radius 3 is 2.58 bits per heavy atom. The zero-order valence-electron chi connectivity index (χ0n) is 10.9. The van der Waals surface area contributed by atoms with Crippen LogP contribution in [-0.2, 0) is 4.79 Å².